The number of anilines is 1. The zero-order chi connectivity index (χ0) is 22.2. The number of halogens is 1. The van der Waals surface area contributed by atoms with E-state index < -0.39 is 6.17 Å². The molecule has 0 radical (unpaired) electrons. The predicted octanol–water partition coefficient (Wildman–Crippen LogP) is 3.30. The van der Waals surface area contributed by atoms with E-state index in [1.807, 2.05) is 18.0 Å². The van der Waals surface area contributed by atoms with E-state index in [2.05, 4.69) is 25.5 Å². The van der Waals surface area contributed by atoms with Gasteiger partial charge in [-0.15, -0.1) is 21.5 Å². The highest BCUT2D eigenvalue weighted by atomic mass is 32.1. The first-order valence-electron chi connectivity index (χ1n) is 10.6. The Morgan fingerprint density at radius 3 is 2.91 bits per heavy atom. The van der Waals surface area contributed by atoms with Crippen molar-refractivity contribution in [2.75, 3.05) is 11.9 Å². The van der Waals surface area contributed by atoms with Crippen LogP contribution >= 0.6 is 11.3 Å². The van der Waals surface area contributed by atoms with E-state index in [1.54, 1.807) is 29.8 Å². The Balaban J connectivity index is 1.35. The molecule has 2 fully saturated rings. The molecule has 0 spiro atoms. The monoisotopic (exact) mass is 451 g/mol. The van der Waals surface area contributed by atoms with E-state index in [1.165, 1.54) is 11.3 Å². The van der Waals surface area contributed by atoms with Crippen molar-refractivity contribution in [2.24, 2.45) is 0 Å². The van der Waals surface area contributed by atoms with Crippen LogP contribution in [0.2, 0.25) is 0 Å². The molecule has 10 heteroatoms. The van der Waals surface area contributed by atoms with Crippen LogP contribution in [0.3, 0.4) is 0 Å². The molecule has 8 nitrogen and oxygen atoms in total. The van der Waals surface area contributed by atoms with Crippen LogP contribution < -0.4 is 10.2 Å². The van der Waals surface area contributed by atoms with Crippen LogP contribution in [0.4, 0.5) is 10.2 Å². The summed E-state index contributed by atoms with van der Waals surface area (Å²) in [7, 11) is 1.83. The third-order valence-corrected chi connectivity index (χ3v) is 7.20. The molecule has 4 atom stereocenters. The van der Waals surface area contributed by atoms with Crippen LogP contribution in [0.15, 0.2) is 29.8 Å². The van der Waals surface area contributed by atoms with Crippen molar-refractivity contribution in [3.8, 4) is 33.8 Å². The molecule has 0 aliphatic carbocycles. The summed E-state index contributed by atoms with van der Waals surface area (Å²) in [4.78, 5) is 10.4. The van der Waals surface area contributed by atoms with E-state index in [4.69, 9.17) is 5.26 Å². The van der Waals surface area contributed by atoms with Crippen LogP contribution in [0.1, 0.15) is 31.4 Å². The van der Waals surface area contributed by atoms with E-state index in [0.717, 1.165) is 25.7 Å². The number of benzene rings is 1. The van der Waals surface area contributed by atoms with Crippen molar-refractivity contribution in [3.63, 3.8) is 0 Å². The molecular weight excluding hydrogens is 429 g/mol. The zero-order valence-corrected chi connectivity index (χ0v) is 18.3. The van der Waals surface area contributed by atoms with E-state index in [-0.39, 0.29) is 23.7 Å². The molecule has 32 heavy (non-hydrogen) atoms. The quantitative estimate of drug-likeness (QED) is 0.622. The van der Waals surface area contributed by atoms with Gasteiger partial charge in [-0.25, -0.2) is 14.4 Å². The molecule has 0 unspecified atom stereocenters. The normalized spacial score (nSPS) is 24.7. The molecule has 2 saturated heterocycles. The maximum atomic E-state index is 15.0. The number of nitriles is 1. The van der Waals surface area contributed by atoms with Gasteiger partial charge in [0.1, 0.15) is 23.0 Å². The molecule has 0 saturated carbocycles. The molecule has 2 aliphatic heterocycles. The summed E-state index contributed by atoms with van der Waals surface area (Å²) in [5, 5.41) is 33.6. The Bertz CT molecular complexity index is 1160. The molecule has 2 bridgehead atoms. The van der Waals surface area contributed by atoms with E-state index >= 15 is 4.39 Å². The number of phenolic OH excluding ortho intramolecular Hbond substituents is 1. The van der Waals surface area contributed by atoms with Crippen LogP contribution in [0.25, 0.3) is 22.0 Å². The van der Waals surface area contributed by atoms with Gasteiger partial charge in [-0.05, 0) is 31.4 Å². The molecule has 1 aromatic carbocycles. The van der Waals surface area contributed by atoms with Crippen molar-refractivity contribution in [2.45, 2.75) is 50.0 Å². The SMILES string of the molecule is CN(c1cnc(-c2ccc(-c3nc(C#N)cs3)cc2O)nn1)[C@@H]1C[C@@H]2CCC[C@@H](N2)[C@@H]1F. The number of aromatic nitrogens is 4. The van der Waals surface area contributed by atoms with Crippen molar-refractivity contribution >= 4 is 17.2 Å². The highest BCUT2D eigenvalue weighted by molar-refractivity contribution is 7.13. The lowest BCUT2D eigenvalue weighted by Gasteiger charge is -2.45. The van der Waals surface area contributed by atoms with Gasteiger partial charge in [-0.2, -0.15) is 5.26 Å². The molecule has 0 amide bonds. The standard InChI is InChI=1S/C22H22FN7OS/c1-30(17-8-13-3-2-4-16(26-13)20(17)23)19-10-25-21(29-28-19)15-6-5-12(7-18(15)31)22-27-14(9-24)11-32-22/h5-7,10-11,13,16-17,20,26,31H,2-4,8H2,1H3/t13-,16+,17+,20-/m0/s1. The molecule has 2 N–H and O–H groups in total. The maximum Gasteiger partial charge on any atom is 0.185 e. The Morgan fingerprint density at radius 1 is 1.31 bits per heavy atom. The summed E-state index contributed by atoms with van der Waals surface area (Å²) in [5.41, 5.74) is 1.48. The summed E-state index contributed by atoms with van der Waals surface area (Å²) < 4.78 is 15.0. The number of alkyl halides is 1. The van der Waals surface area contributed by atoms with Crippen LogP contribution in [0, 0.1) is 11.3 Å². The highest BCUT2D eigenvalue weighted by Crippen LogP contribution is 2.34. The lowest BCUT2D eigenvalue weighted by Crippen LogP contribution is -2.61. The molecule has 2 aromatic heterocycles. The van der Waals surface area contributed by atoms with Crippen molar-refractivity contribution in [1.29, 1.82) is 5.26 Å². The van der Waals surface area contributed by atoms with Crippen LogP contribution in [0.5, 0.6) is 5.75 Å². The third-order valence-electron chi connectivity index (χ3n) is 6.31. The number of fused-ring (bicyclic) bond motifs is 2. The minimum Gasteiger partial charge on any atom is -0.507 e. The summed E-state index contributed by atoms with van der Waals surface area (Å²) in [5.74, 6) is 0.778. The number of rotatable bonds is 4. The fourth-order valence-corrected chi connectivity index (χ4v) is 5.33. The van der Waals surface area contributed by atoms with Gasteiger partial charge in [-0.3, -0.25) is 0 Å². The summed E-state index contributed by atoms with van der Waals surface area (Å²) >= 11 is 1.33. The van der Waals surface area contributed by atoms with Crippen LogP contribution in [-0.4, -0.2) is 56.6 Å². The van der Waals surface area contributed by atoms with Crippen molar-refractivity contribution in [1.82, 2.24) is 25.5 Å². The number of thiazole rings is 1. The maximum absolute atomic E-state index is 15.0. The van der Waals surface area contributed by atoms with E-state index in [9.17, 15) is 5.11 Å². The average molecular weight is 452 g/mol. The van der Waals surface area contributed by atoms with Gasteiger partial charge in [0.25, 0.3) is 0 Å². The minimum absolute atomic E-state index is 0.00545. The fourth-order valence-electron chi connectivity index (χ4n) is 4.59. The average Bonchev–Trinajstić information content (AvgIpc) is 3.31. The van der Waals surface area contributed by atoms with Gasteiger partial charge in [0.2, 0.25) is 0 Å². The number of phenols is 1. The first-order chi connectivity index (χ1) is 15.5. The third kappa shape index (κ3) is 3.78. The summed E-state index contributed by atoms with van der Waals surface area (Å²) in [6.45, 7) is 0. The number of nitrogens with zero attached hydrogens (tertiary/aromatic N) is 6. The zero-order valence-electron chi connectivity index (χ0n) is 17.4. The molecule has 4 heterocycles. The van der Waals surface area contributed by atoms with Crippen molar-refractivity contribution < 1.29 is 9.50 Å². The smallest absolute Gasteiger partial charge is 0.185 e. The fraction of sp³-hybridized carbons (Fsp3) is 0.409. The second-order valence-electron chi connectivity index (χ2n) is 8.28. The largest absolute Gasteiger partial charge is 0.507 e. The highest BCUT2D eigenvalue weighted by Gasteiger charge is 2.42. The minimum atomic E-state index is -0.970. The van der Waals surface area contributed by atoms with E-state index in [0.29, 0.717) is 33.7 Å². The summed E-state index contributed by atoms with van der Waals surface area (Å²) in [6, 6.07) is 7.03. The van der Waals surface area contributed by atoms with Gasteiger partial charge < -0.3 is 15.3 Å². The molecule has 2 aliphatic rings. The number of hydrogen-bond donors (Lipinski definition) is 2. The number of aromatic hydroxyl groups is 1. The lowest BCUT2D eigenvalue weighted by atomic mass is 9.82. The first kappa shape index (κ1) is 20.7. The molecule has 3 aromatic rings. The Labute approximate surface area is 188 Å². The van der Waals surface area contributed by atoms with Crippen molar-refractivity contribution in [3.05, 3.63) is 35.5 Å². The molecular formula is C22H22FN7OS. The molecule has 164 valence electrons. The van der Waals surface area contributed by atoms with Crippen LogP contribution in [-0.2, 0) is 0 Å². The Kier molecular flexibility index (Phi) is 5.45. The lowest BCUT2D eigenvalue weighted by molar-refractivity contribution is 0.107. The molecule has 5 rings (SSSR count). The topological polar surface area (TPSA) is 111 Å². The predicted molar refractivity (Wildman–Crippen MR) is 119 cm³/mol. The van der Waals surface area contributed by atoms with Gasteiger partial charge in [0.15, 0.2) is 17.3 Å². The van der Waals surface area contributed by atoms with Gasteiger partial charge in [0, 0.05) is 30.1 Å². The Hall–Kier alpha value is -3.16. The van der Waals surface area contributed by atoms with Gasteiger partial charge in [-0.1, -0.05) is 12.5 Å². The number of nitrogens with one attached hydrogen (secondary N) is 1. The number of hydrogen-bond acceptors (Lipinski definition) is 9. The second-order valence-corrected chi connectivity index (χ2v) is 9.14. The number of piperidine rings is 2. The Morgan fingerprint density at radius 2 is 2.19 bits per heavy atom. The summed E-state index contributed by atoms with van der Waals surface area (Å²) in [6.07, 6.45) is 4.33. The first-order valence-corrected chi connectivity index (χ1v) is 11.4. The van der Waals surface area contributed by atoms with Gasteiger partial charge >= 0.3 is 0 Å². The van der Waals surface area contributed by atoms with Gasteiger partial charge in [0.05, 0.1) is 17.8 Å². The second kappa shape index (κ2) is 8.41.